The van der Waals surface area contributed by atoms with Gasteiger partial charge in [0.25, 0.3) is 10.0 Å². The topological polar surface area (TPSA) is 79.8 Å². The van der Waals surface area contributed by atoms with Gasteiger partial charge < -0.3 is 10.1 Å². The molecule has 1 aliphatic heterocycles. The molecule has 3 aromatic rings. The Hall–Kier alpha value is -3.03. The first-order valence-corrected chi connectivity index (χ1v) is 11.2. The molecule has 4 rings (SSSR count). The van der Waals surface area contributed by atoms with E-state index < -0.39 is 10.0 Å². The van der Waals surface area contributed by atoms with Crippen LogP contribution in [0.2, 0.25) is 5.02 Å². The normalized spacial score (nSPS) is 16.8. The number of aliphatic imine (C=N–C) groups is 1. The zero-order valence-corrected chi connectivity index (χ0v) is 18.0. The summed E-state index contributed by atoms with van der Waals surface area (Å²) in [7, 11) is -3.82. The zero-order chi connectivity index (χ0) is 21.3. The maximum Gasteiger partial charge on any atom is 0.266 e. The average Bonchev–Trinajstić information content (AvgIpc) is 2.71. The number of hydrogen-bond acceptors (Lipinski definition) is 4. The monoisotopic (exact) mass is 441 g/mol. The van der Waals surface area contributed by atoms with Crippen molar-refractivity contribution < 1.29 is 13.2 Å². The van der Waals surface area contributed by atoms with E-state index >= 15 is 0 Å². The maximum absolute atomic E-state index is 12.9. The number of guanidine groups is 1. The molecular formula is C22H20ClN3O3S. The lowest BCUT2D eigenvalue weighted by molar-refractivity contribution is 0.482. The van der Waals surface area contributed by atoms with E-state index in [9.17, 15) is 8.42 Å². The molecule has 0 fully saturated rings. The highest BCUT2D eigenvalue weighted by molar-refractivity contribution is 7.90. The van der Waals surface area contributed by atoms with Crippen LogP contribution in [-0.4, -0.2) is 14.4 Å². The Balaban J connectivity index is 1.76. The maximum atomic E-state index is 12.9. The highest BCUT2D eigenvalue weighted by atomic mass is 35.5. The van der Waals surface area contributed by atoms with Crippen molar-refractivity contribution in [1.82, 2.24) is 4.72 Å². The van der Waals surface area contributed by atoms with E-state index in [1.165, 1.54) is 0 Å². The Morgan fingerprint density at radius 1 is 1.00 bits per heavy atom. The minimum Gasteiger partial charge on any atom is -0.454 e. The van der Waals surface area contributed by atoms with Crippen molar-refractivity contribution >= 4 is 33.3 Å². The number of nitrogens with zero attached hydrogens (tertiary/aromatic N) is 1. The molecule has 0 saturated carbocycles. The summed E-state index contributed by atoms with van der Waals surface area (Å²) in [5, 5.41) is 3.51. The van der Waals surface area contributed by atoms with Gasteiger partial charge in [-0.15, -0.1) is 0 Å². The number of rotatable bonds is 4. The van der Waals surface area contributed by atoms with Crippen LogP contribution in [0.4, 0.5) is 5.69 Å². The molecule has 0 aromatic heterocycles. The van der Waals surface area contributed by atoms with E-state index in [0.29, 0.717) is 22.2 Å². The molecule has 1 heterocycles. The predicted octanol–water partition coefficient (Wildman–Crippen LogP) is 5.26. The van der Waals surface area contributed by atoms with Gasteiger partial charge in [0, 0.05) is 0 Å². The summed E-state index contributed by atoms with van der Waals surface area (Å²) in [6, 6.07) is 19.7. The summed E-state index contributed by atoms with van der Waals surface area (Å²) in [6.07, 6.45) is 0. The fourth-order valence-electron chi connectivity index (χ4n) is 3.17. The number of nitrogens with one attached hydrogen (secondary N) is 2. The van der Waals surface area contributed by atoms with Crippen LogP contribution < -0.4 is 14.8 Å². The number of benzene rings is 3. The molecule has 0 saturated heterocycles. The molecule has 30 heavy (non-hydrogen) atoms. The van der Waals surface area contributed by atoms with E-state index in [1.807, 2.05) is 37.3 Å². The lowest BCUT2D eigenvalue weighted by Crippen LogP contribution is -2.41. The molecule has 8 heteroatoms. The fraction of sp³-hybridized carbons (Fsp3) is 0.136. The highest BCUT2D eigenvalue weighted by Crippen LogP contribution is 2.39. The number of fused-ring (bicyclic) bond motifs is 1. The van der Waals surface area contributed by atoms with Crippen LogP contribution in [0.1, 0.15) is 24.1 Å². The van der Waals surface area contributed by atoms with Gasteiger partial charge in [0.05, 0.1) is 11.1 Å². The molecule has 0 radical (unpaired) electrons. The van der Waals surface area contributed by atoms with E-state index in [0.717, 1.165) is 11.1 Å². The molecule has 0 amide bonds. The molecule has 2 N–H and O–H groups in total. The first-order valence-electron chi connectivity index (χ1n) is 9.33. The van der Waals surface area contributed by atoms with E-state index in [2.05, 4.69) is 15.0 Å². The van der Waals surface area contributed by atoms with Crippen LogP contribution in [0.25, 0.3) is 0 Å². The van der Waals surface area contributed by atoms with Gasteiger partial charge in [0.2, 0.25) is 5.96 Å². The number of aryl methyl sites for hydroxylation is 1. The standard InChI is InChI=1S/C22H20ClN3O3S/c1-14-12-19(29-18-11-7-6-10-17(18)23)21-20(13-14)30(27,28)26-22(25-21)24-15(2)16-8-4-3-5-9-16/h3-13,15H,1-2H3,(H2,24,25,26)/t15-/m1/s1. The summed E-state index contributed by atoms with van der Waals surface area (Å²) in [6.45, 7) is 3.69. The average molecular weight is 442 g/mol. The largest absolute Gasteiger partial charge is 0.454 e. The van der Waals surface area contributed by atoms with Crippen molar-refractivity contribution in [2.75, 3.05) is 5.32 Å². The van der Waals surface area contributed by atoms with Crippen molar-refractivity contribution in [3.05, 3.63) is 82.9 Å². The molecule has 0 aliphatic carbocycles. The number of hydrogen-bond donors (Lipinski definition) is 2. The molecule has 1 aliphatic rings. The van der Waals surface area contributed by atoms with Crippen LogP contribution >= 0.6 is 11.6 Å². The van der Waals surface area contributed by atoms with Gasteiger partial charge >= 0.3 is 0 Å². The van der Waals surface area contributed by atoms with Gasteiger partial charge in [0.15, 0.2) is 5.75 Å². The molecule has 1 atom stereocenters. The number of para-hydroxylation sites is 1. The Labute approximate surface area is 180 Å². The fourth-order valence-corrected chi connectivity index (χ4v) is 4.57. The van der Waals surface area contributed by atoms with Crippen LogP contribution in [0.15, 0.2) is 76.6 Å². The second kappa shape index (κ2) is 8.01. The van der Waals surface area contributed by atoms with Crippen LogP contribution in [0.3, 0.4) is 0 Å². The number of sulfonamides is 1. The Kier molecular flexibility index (Phi) is 5.40. The van der Waals surface area contributed by atoms with E-state index in [1.54, 1.807) is 43.3 Å². The second-order valence-electron chi connectivity index (χ2n) is 6.96. The van der Waals surface area contributed by atoms with Gasteiger partial charge in [-0.2, -0.15) is 0 Å². The smallest absolute Gasteiger partial charge is 0.266 e. The van der Waals surface area contributed by atoms with Crippen molar-refractivity contribution in [2.24, 2.45) is 4.99 Å². The van der Waals surface area contributed by atoms with Crippen LogP contribution in [-0.2, 0) is 10.0 Å². The molecule has 0 unspecified atom stereocenters. The van der Waals surface area contributed by atoms with E-state index in [-0.39, 0.29) is 16.9 Å². The second-order valence-corrected chi connectivity index (χ2v) is 9.02. The minimum absolute atomic E-state index is 0.0934. The summed E-state index contributed by atoms with van der Waals surface area (Å²) >= 11 is 6.22. The lowest BCUT2D eigenvalue weighted by atomic mass is 10.1. The van der Waals surface area contributed by atoms with Gasteiger partial charge in [-0.25, -0.2) is 18.1 Å². The summed E-state index contributed by atoms with van der Waals surface area (Å²) in [5.74, 6) is 0.913. The Morgan fingerprint density at radius 3 is 2.43 bits per heavy atom. The molecular weight excluding hydrogens is 422 g/mol. The van der Waals surface area contributed by atoms with Crippen molar-refractivity contribution in [3.63, 3.8) is 0 Å². The van der Waals surface area contributed by atoms with Gasteiger partial charge in [-0.3, -0.25) is 0 Å². The van der Waals surface area contributed by atoms with Crippen molar-refractivity contribution in [1.29, 1.82) is 0 Å². The Morgan fingerprint density at radius 2 is 1.70 bits per heavy atom. The number of anilines is 1. The molecule has 154 valence electrons. The third kappa shape index (κ3) is 4.13. The number of halogens is 1. The van der Waals surface area contributed by atoms with Crippen LogP contribution in [0.5, 0.6) is 11.5 Å². The van der Waals surface area contributed by atoms with E-state index in [4.69, 9.17) is 16.3 Å². The predicted molar refractivity (Wildman–Crippen MR) is 119 cm³/mol. The first-order chi connectivity index (χ1) is 14.3. The molecule has 6 nitrogen and oxygen atoms in total. The van der Waals surface area contributed by atoms with Crippen LogP contribution in [0, 0.1) is 6.92 Å². The summed E-state index contributed by atoms with van der Waals surface area (Å²) in [4.78, 5) is 4.62. The lowest BCUT2D eigenvalue weighted by Gasteiger charge is -2.25. The van der Waals surface area contributed by atoms with Gasteiger partial charge in [0.1, 0.15) is 16.3 Å². The molecule has 3 aromatic carbocycles. The minimum atomic E-state index is -3.82. The van der Waals surface area contributed by atoms with Crippen molar-refractivity contribution in [2.45, 2.75) is 24.8 Å². The van der Waals surface area contributed by atoms with Crippen molar-refractivity contribution in [3.8, 4) is 11.5 Å². The summed E-state index contributed by atoms with van der Waals surface area (Å²) < 4.78 is 34.3. The number of ether oxygens (including phenoxy) is 1. The summed E-state index contributed by atoms with van der Waals surface area (Å²) in [5.41, 5.74) is 2.02. The molecule has 0 bridgehead atoms. The highest BCUT2D eigenvalue weighted by Gasteiger charge is 2.30. The third-order valence-electron chi connectivity index (χ3n) is 4.64. The third-order valence-corrected chi connectivity index (χ3v) is 6.31. The quantitative estimate of drug-likeness (QED) is 0.578. The molecule has 0 spiro atoms. The van der Waals surface area contributed by atoms with Gasteiger partial charge in [-0.05, 0) is 49.2 Å². The first kappa shape index (κ1) is 20.3. The SMILES string of the molecule is Cc1cc(Oc2ccccc2Cl)c2c(c1)S(=O)(=O)NC(=N[C@H](C)c1ccccc1)N2. The zero-order valence-electron chi connectivity index (χ0n) is 16.4. The Bertz CT molecular complexity index is 1230. The van der Waals surface area contributed by atoms with Gasteiger partial charge in [-0.1, -0.05) is 54.1 Å².